The van der Waals surface area contributed by atoms with E-state index in [1.807, 2.05) is 0 Å². The van der Waals surface area contributed by atoms with Crippen LogP contribution in [0.5, 0.6) is 0 Å². The third-order valence-electron chi connectivity index (χ3n) is 4.08. The Morgan fingerprint density at radius 2 is 1.76 bits per heavy atom. The molecule has 0 radical (unpaired) electrons. The number of rotatable bonds is 4. The van der Waals surface area contributed by atoms with Crippen molar-refractivity contribution in [2.45, 2.75) is 13.1 Å². The van der Waals surface area contributed by atoms with E-state index in [4.69, 9.17) is 5.11 Å². The van der Waals surface area contributed by atoms with Gasteiger partial charge >= 0.3 is 12.1 Å². The van der Waals surface area contributed by atoms with E-state index in [1.54, 1.807) is 6.92 Å². The maximum atomic E-state index is 12.7. The molecule has 1 aliphatic heterocycles. The monoisotopic (exact) mass is 420 g/mol. The number of carboxylic acid groups (broad SMARTS) is 1. The summed E-state index contributed by atoms with van der Waals surface area (Å²) in [5.74, 6) is -1.34. The van der Waals surface area contributed by atoms with Gasteiger partial charge in [-0.05, 0) is 66.7 Å². The van der Waals surface area contributed by atoms with Gasteiger partial charge in [-0.25, -0.2) is 9.79 Å². The summed E-state index contributed by atoms with van der Waals surface area (Å²) in [4.78, 5) is 29.7. The molecule has 1 amide bonds. The fraction of sp³-hybridized carbons (Fsp3) is 0.150. The number of hydrogen-bond donors (Lipinski definition) is 1. The lowest BCUT2D eigenvalue weighted by atomic mass is 10.1. The van der Waals surface area contributed by atoms with Gasteiger partial charge in [-0.3, -0.25) is 9.69 Å². The second-order valence-corrected chi connectivity index (χ2v) is 7.04. The third-order valence-corrected chi connectivity index (χ3v) is 5.09. The maximum Gasteiger partial charge on any atom is 0.416 e. The van der Waals surface area contributed by atoms with Gasteiger partial charge in [0, 0.05) is 6.54 Å². The molecule has 1 heterocycles. The first-order chi connectivity index (χ1) is 13.7. The largest absolute Gasteiger partial charge is 0.478 e. The smallest absolute Gasteiger partial charge is 0.416 e. The number of amides is 1. The van der Waals surface area contributed by atoms with E-state index in [0.717, 1.165) is 23.9 Å². The summed E-state index contributed by atoms with van der Waals surface area (Å²) >= 11 is 1.11. The molecule has 2 aromatic carbocycles. The number of alkyl halides is 3. The summed E-state index contributed by atoms with van der Waals surface area (Å²) < 4.78 is 38.0. The van der Waals surface area contributed by atoms with Crippen molar-refractivity contribution in [3.8, 4) is 0 Å². The van der Waals surface area contributed by atoms with E-state index >= 15 is 0 Å². The minimum atomic E-state index is -4.42. The average Bonchev–Trinajstić information content (AvgIpc) is 2.96. The first-order valence-corrected chi connectivity index (χ1v) is 9.31. The molecule has 5 nitrogen and oxygen atoms in total. The second kappa shape index (κ2) is 8.12. The predicted octanol–water partition coefficient (Wildman–Crippen LogP) is 5.03. The van der Waals surface area contributed by atoms with Crippen molar-refractivity contribution in [3.05, 3.63) is 70.1 Å². The number of halogens is 3. The van der Waals surface area contributed by atoms with E-state index in [1.165, 1.54) is 47.4 Å². The number of thioether (sulfide) groups is 1. The fourth-order valence-corrected chi connectivity index (χ4v) is 3.64. The highest BCUT2D eigenvalue weighted by atomic mass is 32.2. The molecule has 0 saturated carbocycles. The molecule has 0 bridgehead atoms. The highest BCUT2D eigenvalue weighted by Crippen LogP contribution is 2.35. The van der Waals surface area contributed by atoms with Crippen LogP contribution in [0.1, 0.15) is 28.4 Å². The molecule has 1 N–H and O–H groups in total. The number of carbonyl (C=O) groups is 2. The zero-order chi connectivity index (χ0) is 21.2. The summed E-state index contributed by atoms with van der Waals surface area (Å²) in [6.07, 6.45) is -2.90. The summed E-state index contributed by atoms with van der Waals surface area (Å²) in [5.41, 5.74) is 0.322. The number of aliphatic imine (C=N–C) groups is 1. The first kappa shape index (κ1) is 20.7. The molecule has 2 aromatic rings. The summed E-state index contributed by atoms with van der Waals surface area (Å²) in [5, 5.41) is 9.36. The van der Waals surface area contributed by atoms with Gasteiger partial charge in [0.15, 0.2) is 5.17 Å². The van der Waals surface area contributed by atoms with Crippen molar-refractivity contribution in [3.63, 3.8) is 0 Å². The Kier molecular flexibility index (Phi) is 5.78. The molecule has 29 heavy (non-hydrogen) atoms. The van der Waals surface area contributed by atoms with Gasteiger partial charge in [-0.15, -0.1) is 0 Å². The summed E-state index contributed by atoms with van der Waals surface area (Å²) in [6.45, 7) is 2.14. The van der Waals surface area contributed by atoms with Gasteiger partial charge in [0.1, 0.15) is 0 Å². The van der Waals surface area contributed by atoms with Crippen molar-refractivity contribution >= 4 is 40.6 Å². The Labute approximate surface area is 168 Å². The molecule has 0 aliphatic carbocycles. The van der Waals surface area contributed by atoms with Gasteiger partial charge in [0.25, 0.3) is 5.91 Å². The number of carbonyl (C=O) groups excluding carboxylic acids is 1. The molecular formula is C20H15F3N2O3S. The van der Waals surface area contributed by atoms with Crippen LogP contribution in [0.15, 0.2) is 58.4 Å². The van der Waals surface area contributed by atoms with Crippen molar-refractivity contribution in [1.29, 1.82) is 0 Å². The highest BCUT2D eigenvalue weighted by molar-refractivity contribution is 8.18. The predicted molar refractivity (Wildman–Crippen MR) is 105 cm³/mol. The Bertz CT molecular complexity index is 997. The standard InChI is InChI=1S/C20H15F3N2O3S/c1-2-25-17(26)16(11-12-3-7-14(8-4-12)20(21,22)23)29-19(25)24-15-9-5-13(6-10-15)18(27)28/h3-11H,2H2,1H3,(H,27,28)/b16-11-,24-19?. The molecule has 1 fully saturated rings. The summed E-state index contributed by atoms with van der Waals surface area (Å²) in [6, 6.07) is 10.4. The quantitative estimate of drug-likeness (QED) is 0.705. The lowest BCUT2D eigenvalue weighted by Crippen LogP contribution is -2.28. The van der Waals surface area contributed by atoms with Crippen LogP contribution >= 0.6 is 11.8 Å². The van der Waals surface area contributed by atoms with Crippen molar-refractivity contribution in [2.24, 2.45) is 4.99 Å². The van der Waals surface area contributed by atoms with Crippen LogP contribution in [0, 0.1) is 0 Å². The topological polar surface area (TPSA) is 70.0 Å². The Balaban J connectivity index is 1.86. The molecule has 1 saturated heterocycles. The number of nitrogens with zero attached hydrogens (tertiary/aromatic N) is 2. The molecule has 1 aliphatic rings. The van der Waals surface area contributed by atoms with Gasteiger partial charge < -0.3 is 5.11 Å². The number of benzene rings is 2. The minimum absolute atomic E-state index is 0.124. The van der Waals surface area contributed by atoms with Crippen molar-refractivity contribution in [2.75, 3.05) is 6.54 Å². The molecule has 0 aromatic heterocycles. The van der Waals surface area contributed by atoms with Crippen LogP contribution in [0.4, 0.5) is 18.9 Å². The third kappa shape index (κ3) is 4.68. The zero-order valence-electron chi connectivity index (χ0n) is 15.1. The van der Waals surface area contributed by atoms with Crippen molar-refractivity contribution < 1.29 is 27.9 Å². The Hall–Kier alpha value is -3.07. The number of aromatic carboxylic acids is 1. The molecule has 0 spiro atoms. The molecule has 150 valence electrons. The van der Waals surface area contributed by atoms with Crippen LogP contribution in [0.3, 0.4) is 0 Å². The van der Waals surface area contributed by atoms with Gasteiger partial charge in [-0.2, -0.15) is 13.2 Å². The van der Waals surface area contributed by atoms with Crippen LogP contribution < -0.4 is 0 Å². The van der Waals surface area contributed by atoms with E-state index in [2.05, 4.69) is 4.99 Å². The first-order valence-electron chi connectivity index (χ1n) is 8.49. The SMILES string of the molecule is CCN1C(=O)/C(=C/c2ccc(C(F)(F)F)cc2)SC1=Nc1ccc(C(=O)O)cc1. The number of likely N-dealkylation sites (N-methyl/N-ethyl adjacent to an activating group) is 1. The number of hydrogen-bond acceptors (Lipinski definition) is 4. The molecular weight excluding hydrogens is 405 g/mol. The maximum absolute atomic E-state index is 12.7. The Morgan fingerprint density at radius 3 is 2.28 bits per heavy atom. The zero-order valence-corrected chi connectivity index (χ0v) is 15.9. The van der Waals surface area contributed by atoms with Gasteiger partial charge in [0.2, 0.25) is 0 Å². The highest BCUT2D eigenvalue weighted by Gasteiger charge is 2.33. The van der Waals surface area contributed by atoms with E-state index in [-0.39, 0.29) is 11.5 Å². The fourth-order valence-electron chi connectivity index (χ4n) is 2.58. The van der Waals surface area contributed by atoms with E-state index in [9.17, 15) is 22.8 Å². The summed E-state index contributed by atoms with van der Waals surface area (Å²) in [7, 11) is 0. The lowest BCUT2D eigenvalue weighted by Gasteiger charge is -2.12. The molecule has 0 unspecified atom stereocenters. The second-order valence-electron chi connectivity index (χ2n) is 6.03. The molecule has 3 rings (SSSR count). The minimum Gasteiger partial charge on any atom is -0.478 e. The van der Waals surface area contributed by atoms with E-state index < -0.39 is 17.7 Å². The lowest BCUT2D eigenvalue weighted by molar-refractivity contribution is -0.137. The Morgan fingerprint density at radius 1 is 1.14 bits per heavy atom. The van der Waals surface area contributed by atoms with Crippen LogP contribution in [0.2, 0.25) is 0 Å². The average molecular weight is 420 g/mol. The van der Waals surface area contributed by atoms with Crippen LogP contribution in [-0.4, -0.2) is 33.6 Å². The van der Waals surface area contributed by atoms with Crippen molar-refractivity contribution in [1.82, 2.24) is 4.90 Å². The van der Waals surface area contributed by atoms with E-state index in [0.29, 0.717) is 27.9 Å². The van der Waals surface area contributed by atoms with Gasteiger partial charge in [-0.1, -0.05) is 12.1 Å². The number of carboxylic acids is 1. The van der Waals surface area contributed by atoms with Crippen LogP contribution in [-0.2, 0) is 11.0 Å². The molecule has 0 atom stereocenters. The molecule has 9 heteroatoms. The van der Waals surface area contributed by atoms with Crippen LogP contribution in [0.25, 0.3) is 6.08 Å². The number of amidine groups is 1. The normalized spacial score (nSPS) is 17.4. The van der Waals surface area contributed by atoms with Gasteiger partial charge in [0.05, 0.1) is 21.7 Å².